The lowest BCUT2D eigenvalue weighted by Crippen LogP contribution is -2.36. The van der Waals surface area contributed by atoms with E-state index in [1.54, 1.807) is 6.20 Å². The Hall–Kier alpha value is -0.935. The summed E-state index contributed by atoms with van der Waals surface area (Å²) >= 11 is 0. The molecule has 0 radical (unpaired) electrons. The lowest BCUT2D eigenvalue weighted by atomic mass is 9.77. The molecular weight excluding hydrogens is 167 g/mol. The third-order valence-corrected chi connectivity index (χ3v) is 1.81. The molecule has 0 atom stereocenters. The van der Waals surface area contributed by atoms with Crippen molar-refractivity contribution < 1.29 is 9.68 Å². The Morgan fingerprint density at radius 2 is 2.23 bits per heavy atom. The highest BCUT2D eigenvalue weighted by Crippen LogP contribution is 2.07. The average molecular weight is 180 g/mol. The fourth-order valence-corrected chi connectivity index (χ4v) is 1.15. The van der Waals surface area contributed by atoms with Gasteiger partial charge in [-0.1, -0.05) is 13.8 Å². The van der Waals surface area contributed by atoms with Crippen LogP contribution in [0.15, 0.2) is 12.5 Å². The largest absolute Gasteiger partial charge is 0.494 e. The first-order chi connectivity index (χ1) is 6.16. The summed E-state index contributed by atoms with van der Waals surface area (Å²) in [5.41, 5.74) is 1.46. The quantitative estimate of drug-likeness (QED) is 0.661. The van der Waals surface area contributed by atoms with E-state index >= 15 is 0 Å². The van der Waals surface area contributed by atoms with E-state index in [4.69, 9.17) is 4.65 Å². The zero-order chi connectivity index (χ0) is 9.84. The van der Waals surface area contributed by atoms with Crippen molar-refractivity contribution in [2.24, 2.45) is 0 Å². The van der Waals surface area contributed by atoms with E-state index in [9.17, 15) is 5.02 Å². The Morgan fingerprint density at radius 3 is 2.77 bits per heavy atom. The summed E-state index contributed by atoms with van der Waals surface area (Å²) in [6, 6.07) is 0. The molecule has 0 amide bonds. The van der Waals surface area contributed by atoms with Crippen molar-refractivity contribution in [1.29, 1.82) is 0 Å². The van der Waals surface area contributed by atoms with Crippen LogP contribution < -0.4 is 5.46 Å². The van der Waals surface area contributed by atoms with Crippen molar-refractivity contribution in [3.63, 3.8) is 0 Å². The molecule has 0 aliphatic heterocycles. The van der Waals surface area contributed by atoms with E-state index in [1.807, 2.05) is 13.8 Å². The minimum Gasteiger partial charge on any atom is -0.423 e. The van der Waals surface area contributed by atoms with Gasteiger partial charge in [0.25, 0.3) is 0 Å². The summed E-state index contributed by atoms with van der Waals surface area (Å²) in [5.74, 6) is 0.253. The van der Waals surface area contributed by atoms with E-state index in [0.717, 1.165) is 5.69 Å². The summed E-state index contributed by atoms with van der Waals surface area (Å²) in [5, 5.41) is 9.46. The van der Waals surface area contributed by atoms with Crippen LogP contribution in [0.2, 0.25) is 0 Å². The topological polar surface area (TPSA) is 55.2 Å². The molecule has 1 N–H and O–H groups in total. The third-order valence-electron chi connectivity index (χ3n) is 1.81. The Labute approximate surface area is 78.1 Å². The van der Waals surface area contributed by atoms with Gasteiger partial charge in [0.2, 0.25) is 0 Å². The minimum atomic E-state index is -0.932. The summed E-state index contributed by atoms with van der Waals surface area (Å²) in [7, 11) is 0.514. The van der Waals surface area contributed by atoms with E-state index in [2.05, 4.69) is 9.97 Å². The van der Waals surface area contributed by atoms with Gasteiger partial charge in [-0.3, -0.25) is 0 Å². The van der Waals surface area contributed by atoms with Crippen LogP contribution in [0.1, 0.15) is 25.5 Å². The molecule has 0 fully saturated rings. The first kappa shape index (κ1) is 10.1. The van der Waals surface area contributed by atoms with Crippen LogP contribution in [0.25, 0.3) is 0 Å². The smallest absolute Gasteiger partial charge is 0.423 e. The van der Waals surface area contributed by atoms with E-state index in [1.165, 1.54) is 13.4 Å². The molecule has 1 aromatic heterocycles. The second-order valence-electron chi connectivity index (χ2n) is 3.11. The van der Waals surface area contributed by atoms with Gasteiger partial charge in [0, 0.05) is 24.5 Å². The van der Waals surface area contributed by atoms with Gasteiger partial charge in [-0.15, -0.1) is 0 Å². The Bertz CT molecular complexity index is 281. The molecule has 1 rings (SSSR count). The van der Waals surface area contributed by atoms with Gasteiger partial charge in [0.05, 0.1) is 0 Å². The molecule has 1 heterocycles. The first-order valence-corrected chi connectivity index (χ1v) is 4.17. The van der Waals surface area contributed by atoms with Gasteiger partial charge < -0.3 is 9.68 Å². The number of hydrogen-bond acceptors (Lipinski definition) is 4. The highest BCUT2D eigenvalue weighted by Gasteiger charge is 2.21. The van der Waals surface area contributed by atoms with Crippen LogP contribution >= 0.6 is 0 Å². The molecule has 0 aliphatic rings. The van der Waals surface area contributed by atoms with Crippen molar-refractivity contribution in [3.8, 4) is 0 Å². The minimum absolute atomic E-state index is 0.253. The monoisotopic (exact) mass is 180 g/mol. The number of hydrogen-bond donors (Lipinski definition) is 1. The van der Waals surface area contributed by atoms with Crippen LogP contribution in [-0.2, 0) is 4.65 Å². The van der Waals surface area contributed by atoms with Gasteiger partial charge in [0.15, 0.2) is 0 Å². The molecule has 0 aliphatic carbocycles. The molecule has 70 valence electrons. The maximum Gasteiger partial charge on any atom is 0.494 e. The van der Waals surface area contributed by atoms with Crippen molar-refractivity contribution >= 4 is 12.6 Å². The lowest BCUT2D eigenvalue weighted by molar-refractivity contribution is 0.341. The normalized spacial score (nSPS) is 10.5. The van der Waals surface area contributed by atoms with Crippen LogP contribution in [0.3, 0.4) is 0 Å². The fraction of sp³-hybridized carbons (Fsp3) is 0.500. The second kappa shape index (κ2) is 4.34. The van der Waals surface area contributed by atoms with Crippen LogP contribution in [-0.4, -0.2) is 29.2 Å². The van der Waals surface area contributed by atoms with Gasteiger partial charge in [-0.2, -0.15) is 0 Å². The Kier molecular flexibility index (Phi) is 3.39. The third kappa shape index (κ3) is 2.26. The average Bonchev–Trinajstić information content (AvgIpc) is 2.16. The molecule has 0 spiro atoms. The molecule has 0 saturated heterocycles. The first-order valence-electron chi connectivity index (χ1n) is 4.17. The van der Waals surface area contributed by atoms with Gasteiger partial charge in [-0.05, 0) is 5.92 Å². The van der Waals surface area contributed by atoms with Gasteiger partial charge in [0.1, 0.15) is 6.33 Å². The second-order valence-corrected chi connectivity index (χ2v) is 3.11. The summed E-state index contributed by atoms with van der Waals surface area (Å²) in [6.45, 7) is 4.02. The van der Waals surface area contributed by atoms with Gasteiger partial charge >= 0.3 is 7.12 Å². The maximum absolute atomic E-state index is 9.46. The van der Waals surface area contributed by atoms with Crippen molar-refractivity contribution in [3.05, 3.63) is 18.2 Å². The van der Waals surface area contributed by atoms with Crippen LogP contribution in [0, 0.1) is 0 Å². The van der Waals surface area contributed by atoms with Crippen molar-refractivity contribution in [2.45, 2.75) is 19.8 Å². The standard InChI is InChI=1S/C8H13BN2O2/c1-6(2)8-7(9(12)13-3)4-10-5-11-8/h4-6,12H,1-3H3. The SMILES string of the molecule is COB(O)c1cncnc1C(C)C. The number of nitrogens with zero attached hydrogens (tertiary/aromatic N) is 2. The predicted octanol–water partition coefficient (Wildman–Crippen LogP) is -0.0661. The number of rotatable bonds is 3. The molecule has 0 unspecified atom stereocenters. The molecule has 1 aromatic rings. The number of aromatic nitrogens is 2. The molecule has 13 heavy (non-hydrogen) atoms. The molecule has 4 nitrogen and oxygen atoms in total. The molecular formula is C8H13BN2O2. The van der Waals surface area contributed by atoms with E-state index < -0.39 is 7.12 Å². The molecule has 0 bridgehead atoms. The van der Waals surface area contributed by atoms with Crippen molar-refractivity contribution in [1.82, 2.24) is 9.97 Å². The molecule has 5 heteroatoms. The zero-order valence-corrected chi connectivity index (χ0v) is 8.06. The lowest BCUT2D eigenvalue weighted by Gasteiger charge is -2.11. The summed E-state index contributed by atoms with van der Waals surface area (Å²) < 4.78 is 4.80. The van der Waals surface area contributed by atoms with Crippen LogP contribution in [0.5, 0.6) is 0 Å². The van der Waals surface area contributed by atoms with E-state index in [0.29, 0.717) is 5.46 Å². The predicted molar refractivity (Wildman–Crippen MR) is 50.7 cm³/mol. The Morgan fingerprint density at radius 1 is 1.54 bits per heavy atom. The highest BCUT2D eigenvalue weighted by atomic mass is 16.5. The van der Waals surface area contributed by atoms with Crippen LogP contribution in [0.4, 0.5) is 0 Å². The maximum atomic E-state index is 9.46. The summed E-state index contributed by atoms with van der Waals surface area (Å²) in [4.78, 5) is 7.94. The fourth-order valence-electron chi connectivity index (χ4n) is 1.15. The van der Waals surface area contributed by atoms with Crippen molar-refractivity contribution in [2.75, 3.05) is 7.11 Å². The summed E-state index contributed by atoms with van der Waals surface area (Å²) in [6.07, 6.45) is 3.05. The Balaban J connectivity index is 3.04. The molecule has 0 saturated carbocycles. The zero-order valence-electron chi connectivity index (χ0n) is 8.06. The van der Waals surface area contributed by atoms with Gasteiger partial charge in [-0.25, -0.2) is 9.97 Å². The highest BCUT2D eigenvalue weighted by molar-refractivity contribution is 6.60. The molecule has 0 aromatic carbocycles. The van der Waals surface area contributed by atoms with E-state index in [-0.39, 0.29) is 5.92 Å².